The average Bonchev–Trinajstić information content (AvgIpc) is 2.99. The van der Waals surface area contributed by atoms with Gasteiger partial charge in [0.15, 0.2) is 0 Å². The van der Waals surface area contributed by atoms with Gasteiger partial charge in [-0.2, -0.15) is 0 Å². The maximum absolute atomic E-state index is 13.4. The third-order valence-electron chi connectivity index (χ3n) is 8.61. The van der Waals surface area contributed by atoms with Crippen LogP contribution in [0.4, 0.5) is 5.69 Å². The molecule has 0 saturated carbocycles. The summed E-state index contributed by atoms with van der Waals surface area (Å²) in [6.45, 7) is 3.62. The second-order valence-corrected chi connectivity index (χ2v) is 12.1. The molecule has 0 bridgehead atoms. The van der Waals surface area contributed by atoms with E-state index in [9.17, 15) is 14.4 Å². The summed E-state index contributed by atoms with van der Waals surface area (Å²) < 4.78 is 0. The van der Waals surface area contributed by atoms with E-state index < -0.39 is 5.97 Å². The number of carboxylic acid groups (broad SMARTS) is 1. The fraction of sp³-hybridized carbons (Fsp3) is 0.639. The van der Waals surface area contributed by atoms with Gasteiger partial charge in [-0.1, -0.05) is 122 Å². The Morgan fingerprint density at radius 3 is 1.79 bits per heavy atom. The third kappa shape index (κ3) is 10.7. The summed E-state index contributed by atoms with van der Waals surface area (Å²) in [7, 11) is 0. The molecule has 0 aromatic heterocycles. The number of nitrogens with one attached hydrogen (secondary N) is 1. The minimum absolute atomic E-state index is 0.175. The number of anilines is 1. The second kappa shape index (κ2) is 19.3. The predicted octanol–water partition coefficient (Wildman–Crippen LogP) is 9.75. The van der Waals surface area contributed by atoms with Crippen LogP contribution in [0.3, 0.4) is 0 Å². The summed E-state index contributed by atoms with van der Waals surface area (Å²) in [5.74, 6) is -1.06. The molecule has 42 heavy (non-hydrogen) atoms. The van der Waals surface area contributed by atoms with Crippen LogP contribution in [0.1, 0.15) is 156 Å². The highest BCUT2D eigenvalue weighted by Gasteiger charge is 2.32. The molecule has 1 aliphatic rings. The van der Waals surface area contributed by atoms with E-state index in [0.29, 0.717) is 17.7 Å². The van der Waals surface area contributed by atoms with Gasteiger partial charge in [-0.05, 0) is 37.5 Å². The Morgan fingerprint density at radius 1 is 0.667 bits per heavy atom. The highest BCUT2D eigenvalue weighted by molar-refractivity contribution is 6.26. The molecule has 0 fully saturated rings. The van der Waals surface area contributed by atoms with Crippen LogP contribution >= 0.6 is 0 Å². The van der Waals surface area contributed by atoms with Crippen LogP contribution in [-0.4, -0.2) is 40.9 Å². The Balaban J connectivity index is 1.39. The lowest BCUT2D eigenvalue weighted by Crippen LogP contribution is -2.40. The first-order valence-corrected chi connectivity index (χ1v) is 16.9. The summed E-state index contributed by atoms with van der Waals surface area (Å²) in [4.78, 5) is 38.7. The Bertz CT molecular complexity index is 1110. The first kappa shape index (κ1) is 33.6. The zero-order chi connectivity index (χ0) is 30.0. The Labute approximate surface area is 253 Å². The summed E-state index contributed by atoms with van der Waals surface area (Å²) in [6, 6.07) is 9.71. The molecule has 3 rings (SSSR count). The smallest absolute Gasteiger partial charge is 0.303 e. The Hall–Kier alpha value is -2.89. The van der Waals surface area contributed by atoms with Gasteiger partial charge in [-0.25, -0.2) is 0 Å². The molecular formula is C36H54N2O4. The van der Waals surface area contributed by atoms with E-state index in [-0.39, 0.29) is 18.2 Å². The van der Waals surface area contributed by atoms with Gasteiger partial charge >= 0.3 is 5.97 Å². The average molecular weight is 579 g/mol. The van der Waals surface area contributed by atoms with Crippen LogP contribution in [0, 0.1) is 0 Å². The first-order valence-electron chi connectivity index (χ1n) is 16.9. The monoisotopic (exact) mass is 578 g/mol. The zero-order valence-corrected chi connectivity index (χ0v) is 26.1. The number of rotatable bonds is 24. The molecule has 0 atom stereocenters. The van der Waals surface area contributed by atoms with Crippen molar-refractivity contribution in [3.8, 4) is 0 Å². The third-order valence-corrected chi connectivity index (χ3v) is 8.61. The summed E-state index contributed by atoms with van der Waals surface area (Å²) in [6.07, 6.45) is 22.5. The molecule has 0 saturated heterocycles. The van der Waals surface area contributed by atoms with Gasteiger partial charge in [-0.3, -0.25) is 19.3 Å². The van der Waals surface area contributed by atoms with Crippen molar-refractivity contribution in [3.63, 3.8) is 0 Å². The predicted molar refractivity (Wildman–Crippen MR) is 173 cm³/mol. The second-order valence-electron chi connectivity index (χ2n) is 12.1. The van der Waals surface area contributed by atoms with Gasteiger partial charge in [0.2, 0.25) is 0 Å². The Kier molecular flexibility index (Phi) is 15.5. The number of nitrogens with zero attached hydrogens (tertiary/aromatic N) is 1. The van der Waals surface area contributed by atoms with E-state index in [2.05, 4.69) is 12.2 Å². The van der Waals surface area contributed by atoms with Crippen molar-refractivity contribution in [2.45, 2.75) is 135 Å². The van der Waals surface area contributed by atoms with E-state index in [1.54, 1.807) is 0 Å². The lowest BCUT2D eigenvalue weighted by Gasteiger charge is -2.28. The topological polar surface area (TPSA) is 86.7 Å². The number of unbranched alkanes of at least 4 members (excludes halogenated alkanes) is 17. The van der Waals surface area contributed by atoms with E-state index in [4.69, 9.17) is 5.11 Å². The van der Waals surface area contributed by atoms with Crippen molar-refractivity contribution < 1.29 is 19.5 Å². The maximum Gasteiger partial charge on any atom is 0.303 e. The molecule has 2 N–H and O–H groups in total. The van der Waals surface area contributed by atoms with Gasteiger partial charge in [-0.15, -0.1) is 0 Å². The summed E-state index contributed by atoms with van der Waals surface area (Å²) in [5, 5.41) is 14.0. The number of hydrogen-bond donors (Lipinski definition) is 2. The molecule has 1 aliphatic heterocycles. The first-order chi connectivity index (χ1) is 20.5. The molecule has 0 aliphatic carbocycles. The SMILES string of the molecule is CCCCCCCCCCCCNc1ccc2c3c(cccc13)C(=O)N(CCCCCCCCCCCC(=O)O)C2=O. The lowest BCUT2D eigenvalue weighted by molar-refractivity contribution is -0.137. The number of amides is 2. The molecule has 1 heterocycles. The minimum Gasteiger partial charge on any atom is -0.481 e. The highest BCUT2D eigenvalue weighted by Crippen LogP contribution is 2.34. The molecule has 6 nitrogen and oxygen atoms in total. The van der Waals surface area contributed by atoms with E-state index >= 15 is 0 Å². The number of aliphatic carboxylic acids is 1. The van der Waals surface area contributed by atoms with E-state index in [1.165, 1.54) is 62.7 Å². The van der Waals surface area contributed by atoms with Crippen molar-refractivity contribution in [2.75, 3.05) is 18.4 Å². The van der Waals surface area contributed by atoms with E-state index in [0.717, 1.165) is 87.2 Å². The fourth-order valence-corrected chi connectivity index (χ4v) is 6.12. The van der Waals surface area contributed by atoms with Crippen molar-refractivity contribution in [3.05, 3.63) is 41.5 Å². The lowest BCUT2D eigenvalue weighted by atomic mass is 9.92. The molecule has 0 unspecified atom stereocenters. The largest absolute Gasteiger partial charge is 0.481 e. The standard InChI is InChI=1S/C36H54N2O4/c1-2-3-4-5-6-7-10-13-16-19-27-37-32-26-25-31-34-29(32)22-21-23-30(34)35(41)38(36(31)42)28-20-17-14-11-8-9-12-15-18-24-33(39)40/h21-23,25-26,37H,2-20,24,27-28H2,1H3,(H,39,40). The van der Waals surface area contributed by atoms with Crippen LogP contribution in [-0.2, 0) is 4.79 Å². The van der Waals surface area contributed by atoms with Gasteiger partial charge in [0.05, 0.1) is 0 Å². The minimum atomic E-state index is -0.711. The van der Waals surface area contributed by atoms with E-state index in [1.807, 2.05) is 30.3 Å². The van der Waals surface area contributed by atoms with Crippen LogP contribution in [0.25, 0.3) is 10.8 Å². The van der Waals surface area contributed by atoms with Crippen molar-refractivity contribution in [1.29, 1.82) is 0 Å². The molecule has 2 aromatic carbocycles. The molecular weight excluding hydrogens is 524 g/mol. The van der Waals surface area contributed by atoms with Gasteiger partial charge < -0.3 is 10.4 Å². The molecule has 0 radical (unpaired) electrons. The number of imide groups is 1. The number of carboxylic acids is 1. The number of benzene rings is 2. The normalized spacial score (nSPS) is 12.8. The molecule has 2 aromatic rings. The Morgan fingerprint density at radius 2 is 1.19 bits per heavy atom. The fourth-order valence-electron chi connectivity index (χ4n) is 6.12. The van der Waals surface area contributed by atoms with Crippen molar-refractivity contribution in [1.82, 2.24) is 4.90 Å². The number of hydrogen-bond acceptors (Lipinski definition) is 4. The molecule has 232 valence electrons. The van der Waals surface area contributed by atoms with Crippen LogP contribution < -0.4 is 5.32 Å². The quantitative estimate of drug-likeness (QED) is 0.0956. The van der Waals surface area contributed by atoms with Gasteiger partial charge in [0.25, 0.3) is 11.8 Å². The summed E-state index contributed by atoms with van der Waals surface area (Å²) in [5.41, 5.74) is 2.27. The van der Waals surface area contributed by atoms with Crippen LogP contribution in [0.2, 0.25) is 0 Å². The zero-order valence-electron chi connectivity index (χ0n) is 26.1. The molecule has 0 spiro atoms. The molecule has 2 amide bonds. The number of carbonyl (C=O) groups excluding carboxylic acids is 2. The van der Waals surface area contributed by atoms with Crippen molar-refractivity contribution >= 4 is 34.2 Å². The van der Waals surface area contributed by atoms with Crippen LogP contribution in [0.15, 0.2) is 30.3 Å². The van der Waals surface area contributed by atoms with Crippen molar-refractivity contribution in [2.24, 2.45) is 0 Å². The highest BCUT2D eigenvalue weighted by atomic mass is 16.4. The van der Waals surface area contributed by atoms with Gasteiger partial charge in [0.1, 0.15) is 0 Å². The van der Waals surface area contributed by atoms with Crippen LogP contribution in [0.5, 0.6) is 0 Å². The molecule has 6 heteroatoms. The van der Waals surface area contributed by atoms with Gasteiger partial charge in [0, 0.05) is 47.1 Å². The number of carbonyl (C=O) groups is 3. The summed E-state index contributed by atoms with van der Waals surface area (Å²) >= 11 is 0. The maximum atomic E-state index is 13.4.